The van der Waals surface area contributed by atoms with E-state index in [-0.39, 0.29) is 0 Å². The summed E-state index contributed by atoms with van der Waals surface area (Å²) in [6, 6.07) is 6.02. The van der Waals surface area contributed by atoms with Gasteiger partial charge >= 0.3 is 0 Å². The van der Waals surface area contributed by atoms with E-state index in [4.69, 9.17) is 9.47 Å². The zero-order valence-electron chi connectivity index (χ0n) is 10.4. The van der Waals surface area contributed by atoms with Crippen LogP contribution < -0.4 is 14.8 Å². The van der Waals surface area contributed by atoms with Gasteiger partial charge in [0.15, 0.2) is 11.5 Å². The van der Waals surface area contributed by atoms with Crippen molar-refractivity contribution in [1.82, 2.24) is 5.32 Å². The molecule has 2 heterocycles. The molecule has 0 bridgehead atoms. The van der Waals surface area contributed by atoms with Crippen LogP contribution in [0.1, 0.15) is 24.8 Å². The molecule has 3 rings (SSSR count). The number of aryl methyl sites for hydroxylation is 1. The van der Waals surface area contributed by atoms with Crippen molar-refractivity contribution in [1.29, 1.82) is 0 Å². The number of nitrogens with one attached hydrogen (secondary N) is 1. The summed E-state index contributed by atoms with van der Waals surface area (Å²) in [5.74, 6) is 1.64. The Morgan fingerprint density at radius 2 is 1.94 bits per heavy atom. The number of piperidine rings is 1. The third-order valence-corrected chi connectivity index (χ3v) is 3.85. The Labute approximate surface area is 107 Å². The van der Waals surface area contributed by atoms with Gasteiger partial charge in [-0.1, -0.05) is 6.07 Å². The molecule has 0 aromatic heterocycles. The molecule has 4 nitrogen and oxygen atoms in total. The summed E-state index contributed by atoms with van der Waals surface area (Å²) in [6.07, 6.45) is 3.39. The van der Waals surface area contributed by atoms with E-state index in [1.54, 1.807) is 0 Å². The maximum Gasteiger partial charge on any atom is 0.231 e. The zero-order valence-corrected chi connectivity index (χ0v) is 10.4. The van der Waals surface area contributed by atoms with Crippen LogP contribution in [0.15, 0.2) is 18.2 Å². The van der Waals surface area contributed by atoms with Crippen LogP contribution in [0.25, 0.3) is 0 Å². The molecule has 1 aromatic carbocycles. The molecule has 1 fully saturated rings. The maximum atomic E-state index is 10.4. The normalized spacial score (nSPS) is 20.9. The van der Waals surface area contributed by atoms with Crippen molar-refractivity contribution in [2.75, 3.05) is 19.9 Å². The molecule has 0 radical (unpaired) electrons. The predicted octanol–water partition coefficient (Wildman–Crippen LogP) is 1.46. The highest BCUT2D eigenvalue weighted by Crippen LogP contribution is 2.33. The van der Waals surface area contributed by atoms with Crippen molar-refractivity contribution in [3.05, 3.63) is 23.8 Å². The van der Waals surface area contributed by atoms with E-state index in [2.05, 4.69) is 11.4 Å². The predicted molar refractivity (Wildman–Crippen MR) is 67.9 cm³/mol. The maximum absolute atomic E-state index is 10.4. The van der Waals surface area contributed by atoms with Crippen LogP contribution in [0.4, 0.5) is 0 Å². The first-order valence-electron chi connectivity index (χ1n) is 6.57. The van der Waals surface area contributed by atoms with Gasteiger partial charge in [0.05, 0.1) is 5.60 Å². The molecule has 98 valence electrons. The van der Waals surface area contributed by atoms with E-state index in [0.717, 1.165) is 50.3 Å². The van der Waals surface area contributed by atoms with Crippen molar-refractivity contribution in [2.24, 2.45) is 0 Å². The highest BCUT2D eigenvalue weighted by Gasteiger charge is 2.28. The van der Waals surface area contributed by atoms with Gasteiger partial charge in [-0.15, -0.1) is 0 Å². The van der Waals surface area contributed by atoms with Gasteiger partial charge in [0.2, 0.25) is 6.79 Å². The summed E-state index contributed by atoms with van der Waals surface area (Å²) in [6.45, 7) is 2.14. The van der Waals surface area contributed by atoms with Crippen LogP contribution in [0.5, 0.6) is 11.5 Å². The number of ether oxygens (including phenoxy) is 2. The molecule has 1 aromatic rings. The van der Waals surface area contributed by atoms with Crippen molar-refractivity contribution in [3.63, 3.8) is 0 Å². The van der Waals surface area contributed by atoms with Crippen molar-refractivity contribution >= 4 is 0 Å². The Morgan fingerprint density at radius 3 is 2.78 bits per heavy atom. The second-order valence-corrected chi connectivity index (χ2v) is 5.16. The van der Waals surface area contributed by atoms with Crippen molar-refractivity contribution in [3.8, 4) is 11.5 Å². The Bertz CT molecular complexity index is 427. The molecule has 0 saturated carbocycles. The van der Waals surface area contributed by atoms with E-state index in [1.165, 1.54) is 5.56 Å². The summed E-state index contributed by atoms with van der Waals surface area (Å²) in [4.78, 5) is 0. The van der Waals surface area contributed by atoms with Gasteiger partial charge in [-0.05, 0) is 56.5 Å². The van der Waals surface area contributed by atoms with E-state index >= 15 is 0 Å². The first-order valence-corrected chi connectivity index (χ1v) is 6.57. The SMILES string of the molecule is OC1(CCc2ccc3c(c2)OCO3)CCNCC1. The first-order chi connectivity index (χ1) is 8.75. The lowest BCUT2D eigenvalue weighted by atomic mass is 9.86. The smallest absolute Gasteiger partial charge is 0.231 e. The molecule has 1 saturated heterocycles. The Balaban J connectivity index is 1.62. The highest BCUT2D eigenvalue weighted by molar-refractivity contribution is 5.44. The van der Waals surface area contributed by atoms with Crippen LogP contribution in [0.3, 0.4) is 0 Å². The number of aliphatic hydroxyl groups is 1. The van der Waals surface area contributed by atoms with Crippen LogP contribution in [0.2, 0.25) is 0 Å². The van der Waals surface area contributed by atoms with Crippen LogP contribution in [-0.4, -0.2) is 30.6 Å². The molecule has 4 heteroatoms. The Morgan fingerprint density at radius 1 is 1.17 bits per heavy atom. The Kier molecular flexibility index (Phi) is 3.14. The van der Waals surface area contributed by atoms with E-state index in [9.17, 15) is 5.11 Å². The van der Waals surface area contributed by atoms with Gasteiger partial charge in [0.1, 0.15) is 0 Å². The summed E-state index contributed by atoms with van der Waals surface area (Å²) < 4.78 is 10.6. The minimum atomic E-state index is -0.498. The quantitative estimate of drug-likeness (QED) is 0.851. The van der Waals surface area contributed by atoms with Crippen molar-refractivity contribution < 1.29 is 14.6 Å². The van der Waals surface area contributed by atoms with Gasteiger partial charge in [0, 0.05) is 0 Å². The molecule has 0 aliphatic carbocycles. The van der Waals surface area contributed by atoms with E-state index in [1.807, 2.05) is 12.1 Å². The third kappa shape index (κ3) is 2.44. The highest BCUT2D eigenvalue weighted by atomic mass is 16.7. The molecule has 2 aliphatic heterocycles. The summed E-state index contributed by atoms with van der Waals surface area (Å²) in [5, 5.41) is 13.7. The van der Waals surface area contributed by atoms with Gasteiger partial charge in [-0.2, -0.15) is 0 Å². The number of fused-ring (bicyclic) bond motifs is 1. The fourth-order valence-electron chi connectivity index (χ4n) is 2.62. The number of hydrogen-bond acceptors (Lipinski definition) is 4. The Hall–Kier alpha value is -1.26. The standard InChI is InChI=1S/C14H19NO3/c16-14(5-7-15-8-6-14)4-3-11-1-2-12-13(9-11)18-10-17-12/h1-2,9,15-16H,3-8,10H2. The minimum absolute atomic E-state index is 0.314. The fourth-order valence-corrected chi connectivity index (χ4v) is 2.62. The summed E-state index contributed by atoms with van der Waals surface area (Å²) in [5.41, 5.74) is 0.702. The third-order valence-electron chi connectivity index (χ3n) is 3.85. The van der Waals surface area contributed by atoms with Gasteiger partial charge in [0.25, 0.3) is 0 Å². The fraction of sp³-hybridized carbons (Fsp3) is 0.571. The lowest BCUT2D eigenvalue weighted by Crippen LogP contribution is -2.42. The van der Waals surface area contributed by atoms with Crippen molar-refractivity contribution in [2.45, 2.75) is 31.3 Å². The number of benzene rings is 1. The molecule has 2 N–H and O–H groups in total. The second-order valence-electron chi connectivity index (χ2n) is 5.16. The molecule has 2 aliphatic rings. The largest absolute Gasteiger partial charge is 0.454 e. The van der Waals surface area contributed by atoms with Gasteiger partial charge < -0.3 is 19.9 Å². The molecule has 0 spiro atoms. The lowest BCUT2D eigenvalue weighted by molar-refractivity contribution is 0.00280. The molecule has 0 atom stereocenters. The molecular formula is C14H19NO3. The van der Waals surface area contributed by atoms with Crippen LogP contribution in [0, 0.1) is 0 Å². The average molecular weight is 249 g/mol. The van der Waals surface area contributed by atoms with Gasteiger partial charge in [-0.3, -0.25) is 0 Å². The van der Waals surface area contributed by atoms with Crippen LogP contribution >= 0.6 is 0 Å². The second kappa shape index (κ2) is 4.78. The monoisotopic (exact) mass is 249 g/mol. The molecule has 18 heavy (non-hydrogen) atoms. The summed E-state index contributed by atoms with van der Waals surface area (Å²) in [7, 11) is 0. The topological polar surface area (TPSA) is 50.7 Å². The minimum Gasteiger partial charge on any atom is -0.454 e. The molecule has 0 unspecified atom stereocenters. The average Bonchev–Trinajstić information content (AvgIpc) is 2.85. The number of rotatable bonds is 3. The molecular weight excluding hydrogens is 230 g/mol. The lowest BCUT2D eigenvalue weighted by Gasteiger charge is -2.32. The summed E-state index contributed by atoms with van der Waals surface area (Å²) >= 11 is 0. The van der Waals surface area contributed by atoms with E-state index < -0.39 is 5.60 Å². The number of hydrogen-bond donors (Lipinski definition) is 2. The van der Waals surface area contributed by atoms with Crippen LogP contribution in [-0.2, 0) is 6.42 Å². The van der Waals surface area contributed by atoms with E-state index in [0.29, 0.717) is 6.79 Å². The first kappa shape index (κ1) is 11.8. The zero-order chi connectivity index (χ0) is 12.4. The van der Waals surface area contributed by atoms with Gasteiger partial charge in [-0.25, -0.2) is 0 Å². The molecule has 0 amide bonds.